The Bertz CT molecular complexity index is 374. The average molecular weight is 173 g/mol. The standard InChI is InChI=1S/C11H11NO/c1-4-11(13)12-10-6-5-8(2)7-9(10)3/h1,5-7H,2-3H3,(H,12,13). The number of amides is 1. The minimum Gasteiger partial charge on any atom is -0.315 e. The van der Waals surface area contributed by atoms with Crippen molar-refractivity contribution in [2.45, 2.75) is 13.8 Å². The van der Waals surface area contributed by atoms with E-state index in [-0.39, 0.29) is 0 Å². The molecule has 2 heteroatoms. The van der Waals surface area contributed by atoms with E-state index >= 15 is 0 Å². The second kappa shape index (κ2) is 3.77. The van der Waals surface area contributed by atoms with Crippen molar-refractivity contribution >= 4 is 11.6 Å². The number of aryl methyl sites for hydroxylation is 2. The number of hydrogen-bond acceptors (Lipinski definition) is 1. The average Bonchev–Trinajstić information content (AvgIpc) is 2.09. The SMILES string of the molecule is C#CC(=O)Nc1ccc(C)cc1C. The Morgan fingerprint density at radius 1 is 1.46 bits per heavy atom. The number of rotatable bonds is 1. The van der Waals surface area contributed by atoms with Gasteiger partial charge >= 0.3 is 0 Å². The summed E-state index contributed by atoms with van der Waals surface area (Å²) in [6.45, 7) is 3.93. The van der Waals surface area contributed by atoms with Crippen molar-refractivity contribution in [1.82, 2.24) is 0 Å². The van der Waals surface area contributed by atoms with Crippen molar-refractivity contribution in [3.63, 3.8) is 0 Å². The molecule has 0 saturated heterocycles. The lowest BCUT2D eigenvalue weighted by Gasteiger charge is -2.05. The van der Waals surface area contributed by atoms with Gasteiger partial charge < -0.3 is 5.32 Å². The van der Waals surface area contributed by atoms with E-state index in [9.17, 15) is 4.79 Å². The summed E-state index contributed by atoms with van der Waals surface area (Å²) in [7, 11) is 0. The first-order valence-electron chi connectivity index (χ1n) is 3.98. The van der Waals surface area contributed by atoms with Crippen molar-refractivity contribution in [3.05, 3.63) is 29.3 Å². The van der Waals surface area contributed by atoms with Crippen LogP contribution < -0.4 is 5.32 Å². The van der Waals surface area contributed by atoms with Crippen LogP contribution in [0.2, 0.25) is 0 Å². The topological polar surface area (TPSA) is 29.1 Å². The van der Waals surface area contributed by atoms with E-state index in [4.69, 9.17) is 6.42 Å². The molecule has 0 aliphatic carbocycles. The quantitative estimate of drug-likeness (QED) is 0.645. The van der Waals surface area contributed by atoms with Gasteiger partial charge in [-0.1, -0.05) is 17.7 Å². The number of nitrogens with one attached hydrogen (secondary N) is 1. The van der Waals surface area contributed by atoms with Crippen molar-refractivity contribution in [2.75, 3.05) is 5.32 Å². The first-order chi connectivity index (χ1) is 6.13. The van der Waals surface area contributed by atoms with Gasteiger partial charge in [-0.2, -0.15) is 0 Å². The molecule has 0 unspecified atom stereocenters. The van der Waals surface area contributed by atoms with Crippen molar-refractivity contribution in [3.8, 4) is 12.3 Å². The van der Waals surface area contributed by atoms with Crippen LogP contribution in [0.1, 0.15) is 11.1 Å². The fourth-order valence-electron chi connectivity index (χ4n) is 1.11. The minimum absolute atomic E-state index is 0.410. The van der Waals surface area contributed by atoms with E-state index in [0.29, 0.717) is 0 Å². The number of carbonyl (C=O) groups excluding carboxylic acids is 1. The third-order valence-corrected chi connectivity index (χ3v) is 1.76. The van der Waals surface area contributed by atoms with Gasteiger partial charge in [-0.3, -0.25) is 4.79 Å². The first-order valence-corrected chi connectivity index (χ1v) is 3.98. The molecule has 66 valence electrons. The van der Waals surface area contributed by atoms with Gasteiger partial charge in [0.25, 0.3) is 5.91 Å². The van der Waals surface area contributed by atoms with Crippen LogP contribution in [0.4, 0.5) is 5.69 Å². The lowest BCUT2D eigenvalue weighted by atomic mass is 10.1. The maximum Gasteiger partial charge on any atom is 0.300 e. The summed E-state index contributed by atoms with van der Waals surface area (Å²) >= 11 is 0. The first kappa shape index (κ1) is 9.34. The normalized spacial score (nSPS) is 9.00. The smallest absolute Gasteiger partial charge is 0.300 e. The Morgan fingerprint density at radius 2 is 2.15 bits per heavy atom. The lowest BCUT2D eigenvalue weighted by Crippen LogP contribution is -2.09. The van der Waals surface area contributed by atoms with Gasteiger partial charge in [0.2, 0.25) is 0 Å². The number of terminal acetylenes is 1. The molecule has 0 aromatic heterocycles. The highest BCUT2D eigenvalue weighted by atomic mass is 16.1. The van der Waals surface area contributed by atoms with Gasteiger partial charge in [-0.25, -0.2) is 0 Å². The predicted octanol–water partition coefficient (Wildman–Crippen LogP) is 1.88. The molecule has 0 fully saturated rings. The summed E-state index contributed by atoms with van der Waals surface area (Å²) in [6, 6.07) is 5.77. The van der Waals surface area contributed by atoms with E-state index < -0.39 is 5.91 Å². The molecule has 2 nitrogen and oxygen atoms in total. The molecular formula is C11H11NO. The maximum atomic E-state index is 10.9. The van der Waals surface area contributed by atoms with E-state index in [0.717, 1.165) is 16.8 Å². The Labute approximate surface area is 78.0 Å². The lowest BCUT2D eigenvalue weighted by molar-refractivity contribution is -0.111. The van der Waals surface area contributed by atoms with Gasteiger partial charge in [0, 0.05) is 5.69 Å². The van der Waals surface area contributed by atoms with Crippen LogP contribution in [0.15, 0.2) is 18.2 Å². The molecule has 0 heterocycles. The highest BCUT2D eigenvalue weighted by Gasteiger charge is 2.00. The third kappa shape index (κ3) is 2.34. The number of benzene rings is 1. The Balaban J connectivity index is 2.91. The molecule has 1 aromatic rings. The van der Waals surface area contributed by atoms with Crippen LogP contribution in [0.25, 0.3) is 0 Å². The monoisotopic (exact) mass is 173 g/mol. The van der Waals surface area contributed by atoms with E-state index in [1.165, 1.54) is 0 Å². The molecule has 0 atom stereocenters. The van der Waals surface area contributed by atoms with Crippen LogP contribution in [0.5, 0.6) is 0 Å². The molecule has 0 radical (unpaired) electrons. The van der Waals surface area contributed by atoms with Crippen LogP contribution in [0, 0.1) is 26.2 Å². The zero-order valence-electron chi connectivity index (χ0n) is 7.72. The van der Waals surface area contributed by atoms with Crippen molar-refractivity contribution < 1.29 is 4.79 Å². The summed E-state index contributed by atoms with van der Waals surface area (Å²) in [5, 5.41) is 2.61. The Morgan fingerprint density at radius 3 is 2.69 bits per heavy atom. The summed E-state index contributed by atoms with van der Waals surface area (Å²) in [5.41, 5.74) is 2.95. The van der Waals surface area contributed by atoms with Gasteiger partial charge in [0.1, 0.15) is 0 Å². The highest BCUT2D eigenvalue weighted by Crippen LogP contribution is 2.15. The molecule has 1 N–H and O–H groups in total. The number of carbonyl (C=O) groups is 1. The van der Waals surface area contributed by atoms with Crippen LogP contribution in [-0.4, -0.2) is 5.91 Å². The zero-order valence-corrected chi connectivity index (χ0v) is 7.72. The molecule has 13 heavy (non-hydrogen) atoms. The molecule has 0 aliphatic heterocycles. The fraction of sp³-hybridized carbons (Fsp3) is 0.182. The number of hydrogen-bond donors (Lipinski definition) is 1. The Hall–Kier alpha value is -1.75. The van der Waals surface area contributed by atoms with Gasteiger partial charge in [-0.15, -0.1) is 6.42 Å². The minimum atomic E-state index is -0.410. The second-order valence-electron chi connectivity index (χ2n) is 2.92. The van der Waals surface area contributed by atoms with Crippen LogP contribution in [-0.2, 0) is 4.79 Å². The highest BCUT2D eigenvalue weighted by molar-refractivity contribution is 6.03. The second-order valence-corrected chi connectivity index (χ2v) is 2.92. The molecule has 1 rings (SSSR count). The van der Waals surface area contributed by atoms with Crippen molar-refractivity contribution in [1.29, 1.82) is 0 Å². The summed E-state index contributed by atoms with van der Waals surface area (Å²) in [4.78, 5) is 10.9. The summed E-state index contributed by atoms with van der Waals surface area (Å²) in [5.74, 6) is 1.60. The molecule has 1 amide bonds. The molecule has 0 saturated carbocycles. The molecular weight excluding hydrogens is 162 g/mol. The molecule has 0 spiro atoms. The van der Waals surface area contributed by atoms with Gasteiger partial charge in [-0.05, 0) is 31.4 Å². The van der Waals surface area contributed by atoms with Gasteiger partial charge in [0.05, 0.1) is 0 Å². The molecule has 0 aliphatic rings. The van der Waals surface area contributed by atoms with E-state index in [1.54, 1.807) is 0 Å². The Kier molecular flexibility index (Phi) is 2.71. The van der Waals surface area contributed by atoms with Gasteiger partial charge in [0.15, 0.2) is 0 Å². The number of anilines is 1. The molecule has 1 aromatic carbocycles. The van der Waals surface area contributed by atoms with E-state index in [1.807, 2.05) is 38.0 Å². The third-order valence-electron chi connectivity index (χ3n) is 1.76. The fourth-order valence-corrected chi connectivity index (χ4v) is 1.11. The van der Waals surface area contributed by atoms with E-state index in [2.05, 4.69) is 5.32 Å². The van der Waals surface area contributed by atoms with Crippen LogP contribution in [0.3, 0.4) is 0 Å². The molecule has 0 bridgehead atoms. The largest absolute Gasteiger partial charge is 0.315 e. The zero-order chi connectivity index (χ0) is 9.84. The predicted molar refractivity (Wildman–Crippen MR) is 53.4 cm³/mol. The van der Waals surface area contributed by atoms with Crippen molar-refractivity contribution in [2.24, 2.45) is 0 Å². The summed E-state index contributed by atoms with van der Waals surface area (Å²) in [6.07, 6.45) is 4.94. The van der Waals surface area contributed by atoms with Crippen LogP contribution >= 0.6 is 0 Å². The maximum absolute atomic E-state index is 10.9. The summed E-state index contributed by atoms with van der Waals surface area (Å²) < 4.78 is 0.